The van der Waals surface area contributed by atoms with Crippen molar-refractivity contribution in [3.8, 4) is 0 Å². The highest BCUT2D eigenvalue weighted by Gasteiger charge is 2.25. The summed E-state index contributed by atoms with van der Waals surface area (Å²) in [5.74, 6) is -1.48. The lowest BCUT2D eigenvalue weighted by atomic mass is 10.2. The predicted molar refractivity (Wildman–Crippen MR) is 48.7 cm³/mol. The summed E-state index contributed by atoms with van der Waals surface area (Å²) in [4.78, 5) is 0. The SMILES string of the molecule is Fc1ccc(CNCCC(F)(F)F)c(F)c1. The summed E-state index contributed by atoms with van der Waals surface area (Å²) in [5, 5.41) is 2.44. The molecule has 0 bridgehead atoms. The molecule has 0 aliphatic carbocycles. The molecule has 1 N–H and O–H groups in total. The minimum absolute atomic E-state index is 0.0534. The van der Waals surface area contributed by atoms with Crippen LogP contribution in [-0.2, 0) is 6.54 Å². The van der Waals surface area contributed by atoms with Gasteiger partial charge in [0.05, 0.1) is 6.42 Å². The van der Waals surface area contributed by atoms with Crippen LogP contribution < -0.4 is 5.32 Å². The third-order valence-corrected chi connectivity index (χ3v) is 1.92. The Hall–Kier alpha value is -1.17. The van der Waals surface area contributed by atoms with Crippen LogP contribution in [0.5, 0.6) is 0 Å². The van der Waals surface area contributed by atoms with Crippen molar-refractivity contribution in [3.63, 3.8) is 0 Å². The number of benzene rings is 1. The van der Waals surface area contributed by atoms with E-state index in [9.17, 15) is 22.0 Å². The van der Waals surface area contributed by atoms with E-state index in [0.29, 0.717) is 6.07 Å². The Labute approximate surface area is 89.3 Å². The topological polar surface area (TPSA) is 12.0 Å². The van der Waals surface area contributed by atoms with Crippen molar-refractivity contribution in [3.05, 3.63) is 35.4 Å². The molecular weight excluding hydrogens is 229 g/mol. The lowest BCUT2D eigenvalue weighted by molar-refractivity contribution is -0.133. The minimum Gasteiger partial charge on any atom is -0.312 e. The highest BCUT2D eigenvalue weighted by atomic mass is 19.4. The Balaban J connectivity index is 2.38. The normalized spacial score (nSPS) is 11.8. The van der Waals surface area contributed by atoms with Gasteiger partial charge in [-0.3, -0.25) is 0 Å². The molecule has 1 rings (SSSR count). The van der Waals surface area contributed by atoms with Gasteiger partial charge < -0.3 is 5.32 Å². The molecule has 0 atom stereocenters. The van der Waals surface area contributed by atoms with Gasteiger partial charge in [0.15, 0.2) is 0 Å². The van der Waals surface area contributed by atoms with Crippen LogP contribution in [0.1, 0.15) is 12.0 Å². The molecule has 90 valence electrons. The number of hydrogen-bond acceptors (Lipinski definition) is 1. The quantitative estimate of drug-likeness (QED) is 0.629. The molecule has 0 radical (unpaired) electrons. The summed E-state index contributed by atoms with van der Waals surface area (Å²) >= 11 is 0. The van der Waals surface area contributed by atoms with E-state index in [-0.39, 0.29) is 18.7 Å². The number of nitrogens with one attached hydrogen (secondary N) is 1. The van der Waals surface area contributed by atoms with Crippen LogP contribution in [-0.4, -0.2) is 12.7 Å². The maximum atomic E-state index is 13.0. The standard InChI is InChI=1S/C10H10F5N/c11-8-2-1-7(9(12)5-8)6-16-4-3-10(13,14)15/h1-2,5,16H,3-4,6H2. The molecule has 0 heterocycles. The van der Waals surface area contributed by atoms with Gasteiger partial charge in [-0.05, 0) is 6.07 Å². The van der Waals surface area contributed by atoms with Crippen LogP contribution in [0.2, 0.25) is 0 Å². The average molecular weight is 239 g/mol. The van der Waals surface area contributed by atoms with Gasteiger partial charge in [0.1, 0.15) is 11.6 Å². The summed E-state index contributed by atoms with van der Waals surface area (Å²) in [6.45, 7) is -0.345. The van der Waals surface area contributed by atoms with Crippen LogP contribution in [0.15, 0.2) is 18.2 Å². The van der Waals surface area contributed by atoms with Crippen molar-refractivity contribution in [2.45, 2.75) is 19.1 Å². The Morgan fingerprint density at radius 1 is 1.12 bits per heavy atom. The number of alkyl halides is 3. The van der Waals surface area contributed by atoms with E-state index < -0.39 is 24.2 Å². The van der Waals surface area contributed by atoms with Crippen LogP contribution in [0.25, 0.3) is 0 Å². The van der Waals surface area contributed by atoms with Crippen LogP contribution >= 0.6 is 0 Å². The summed E-state index contributed by atoms with van der Waals surface area (Å²) in [6, 6.07) is 2.95. The highest BCUT2D eigenvalue weighted by molar-refractivity contribution is 5.18. The van der Waals surface area contributed by atoms with Gasteiger partial charge in [0.2, 0.25) is 0 Å². The Morgan fingerprint density at radius 2 is 1.81 bits per heavy atom. The van der Waals surface area contributed by atoms with E-state index in [2.05, 4.69) is 5.32 Å². The summed E-state index contributed by atoms with van der Waals surface area (Å²) < 4.78 is 60.7. The molecule has 0 unspecified atom stereocenters. The van der Waals surface area contributed by atoms with Gasteiger partial charge in [0, 0.05) is 24.7 Å². The van der Waals surface area contributed by atoms with E-state index >= 15 is 0 Å². The Kier molecular flexibility index (Phi) is 4.23. The fourth-order valence-corrected chi connectivity index (χ4v) is 1.12. The maximum Gasteiger partial charge on any atom is 0.390 e. The molecule has 1 aromatic carbocycles. The van der Waals surface area contributed by atoms with E-state index in [0.717, 1.165) is 6.07 Å². The van der Waals surface area contributed by atoms with Crippen LogP contribution in [0, 0.1) is 11.6 Å². The lowest BCUT2D eigenvalue weighted by Crippen LogP contribution is -2.21. The zero-order valence-electron chi connectivity index (χ0n) is 8.24. The number of halogens is 5. The molecule has 0 amide bonds. The molecular formula is C10H10F5N. The zero-order valence-corrected chi connectivity index (χ0v) is 8.24. The van der Waals surface area contributed by atoms with Gasteiger partial charge in [-0.1, -0.05) is 6.07 Å². The molecule has 0 aliphatic rings. The molecule has 1 nitrogen and oxygen atoms in total. The van der Waals surface area contributed by atoms with E-state index in [1.807, 2.05) is 0 Å². The van der Waals surface area contributed by atoms with Gasteiger partial charge in [0.25, 0.3) is 0 Å². The highest BCUT2D eigenvalue weighted by Crippen LogP contribution is 2.18. The summed E-state index contributed by atoms with van der Waals surface area (Å²) in [6.07, 6.45) is -5.20. The molecule has 0 fully saturated rings. The van der Waals surface area contributed by atoms with E-state index in [1.165, 1.54) is 6.07 Å². The molecule has 16 heavy (non-hydrogen) atoms. The first-order valence-electron chi connectivity index (χ1n) is 4.60. The van der Waals surface area contributed by atoms with Crippen molar-refractivity contribution >= 4 is 0 Å². The lowest BCUT2D eigenvalue weighted by Gasteiger charge is -2.08. The fraction of sp³-hybridized carbons (Fsp3) is 0.400. The molecule has 0 aliphatic heterocycles. The van der Waals surface area contributed by atoms with Crippen molar-refractivity contribution in [2.24, 2.45) is 0 Å². The predicted octanol–water partition coefficient (Wildman–Crippen LogP) is 3.01. The van der Waals surface area contributed by atoms with E-state index in [1.54, 1.807) is 0 Å². The Morgan fingerprint density at radius 3 is 2.38 bits per heavy atom. The second-order valence-electron chi connectivity index (χ2n) is 3.28. The minimum atomic E-state index is -4.23. The second kappa shape index (κ2) is 5.25. The van der Waals surface area contributed by atoms with Crippen LogP contribution in [0.4, 0.5) is 22.0 Å². The fourth-order valence-electron chi connectivity index (χ4n) is 1.12. The van der Waals surface area contributed by atoms with Gasteiger partial charge >= 0.3 is 6.18 Å². The molecule has 6 heteroatoms. The van der Waals surface area contributed by atoms with Crippen molar-refractivity contribution < 1.29 is 22.0 Å². The van der Waals surface area contributed by atoms with Gasteiger partial charge in [-0.25, -0.2) is 8.78 Å². The molecule has 1 aromatic rings. The van der Waals surface area contributed by atoms with Crippen molar-refractivity contribution in [2.75, 3.05) is 6.54 Å². The summed E-state index contributed by atoms with van der Waals surface area (Å²) in [7, 11) is 0. The van der Waals surface area contributed by atoms with Crippen molar-refractivity contribution in [1.29, 1.82) is 0 Å². The maximum absolute atomic E-state index is 13.0. The average Bonchev–Trinajstić information content (AvgIpc) is 2.13. The molecule has 0 spiro atoms. The zero-order chi connectivity index (χ0) is 12.2. The second-order valence-corrected chi connectivity index (χ2v) is 3.28. The first kappa shape index (κ1) is 12.9. The van der Waals surface area contributed by atoms with Gasteiger partial charge in [-0.15, -0.1) is 0 Å². The smallest absolute Gasteiger partial charge is 0.312 e. The number of hydrogen-bond donors (Lipinski definition) is 1. The monoisotopic (exact) mass is 239 g/mol. The first-order chi connectivity index (χ1) is 7.38. The van der Waals surface area contributed by atoms with E-state index in [4.69, 9.17) is 0 Å². The molecule has 0 aromatic heterocycles. The molecule has 0 saturated carbocycles. The third kappa shape index (κ3) is 4.57. The number of rotatable bonds is 4. The summed E-state index contributed by atoms with van der Waals surface area (Å²) in [5.41, 5.74) is 0.142. The largest absolute Gasteiger partial charge is 0.390 e. The van der Waals surface area contributed by atoms with Crippen LogP contribution in [0.3, 0.4) is 0 Å². The first-order valence-corrected chi connectivity index (χ1v) is 4.60. The molecule has 0 saturated heterocycles. The Bertz CT molecular complexity index is 348. The van der Waals surface area contributed by atoms with Crippen molar-refractivity contribution in [1.82, 2.24) is 5.32 Å². The third-order valence-electron chi connectivity index (χ3n) is 1.92. The van der Waals surface area contributed by atoms with Gasteiger partial charge in [-0.2, -0.15) is 13.2 Å².